The minimum atomic E-state index is -0.483. The summed E-state index contributed by atoms with van der Waals surface area (Å²) in [5, 5.41) is 10.8. The average Bonchev–Trinajstić information content (AvgIpc) is 2.22. The predicted molar refractivity (Wildman–Crippen MR) is 56.7 cm³/mol. The summed E-state index contributed by atoms with van der Waals surface area (Å²) in [6.07, 6.45) is 0.241. The number of carbonyl (C=O) groups is 1. The Morgan fingerprint density at radius 3 is 2.93 bits per heavy atom. The Morgan fingerprint density at radius 1 is 1.60 bits per heavy atom. The first kappa shape index (κ1) is 11.7. The molecule has 3 nitrogen and oxygen atoms in total. The Hall–Kier alpha value is -1.41. The van der Waals surface area contributed by atoms with Gasteiger partial charge < -0.3 is 5.32 Å². The molecule has 0 unspecified atom stereocenters. The van der Waals surface area contributed by atoms with Crippen LogP contribution < -0.4 is 5.32 Å². The van der Waals surface area contributed by atoms with Gasteiger partial charge in [0.1, 0.15) is 5.82 Å². The molecule has 0 aliphatic rings. The highest BCUT2D eigenvalue weighted by molar-refractivity contribution is 9.10. The van der Waals surface area contributed by atoms with E-state index in [0.717, 1.165) is 6.07 Å². The molecular weight excluding hydrogens is 263 g/mol. The number of benzene rings is 1. The van der Waals surface area contributed by atoms with E-state index in [4.69, 9.17) is 5.26 Å². The average molecular weight is 271 g/mol. The summed E-state index contributed by atoms with van der Waals surface area (Å²) < 4.78 is 13.4. The van der Waals surface area contributed by atoms with Gasteiger partial charge in [0.15, 0.2) is 0 Å². The molecule has 0 fully saturated rings. The second-order valence-corrected chi connectivity index (χ2v) is 3.65. The number of amides is 1. The maximum Gasteiger partial charge on any atom is 0.251 e. The molecule has 1 rings (SSSR count). The van der Waals surface area contributed by atoms with Crippen LogP contribution in [0.15, 0.2) is 22.7 Å². The molecule has 0 heterocycles. The van der Waals surface area contributed by atoms with E-state index in [2.05, 4.69) is 21.2 Å². The Labute approximate surface area is 95.0 Å². The SMILES string of the molecule is N#CCCNC(=O)c1ccc(Br)c(F)c1. The zero-order valence-corrected chi connectivity index (χ0v) is 9.34. The fourth-order valence-corrected chi connectivity index (χ4v) is 1.22. The first-order valence-electron chi connectivity index (χ1n) is 4.25. The van der Waals surface area contributed by atoms with Crippen molar-refractivity contribution in [2.75, 3.05) is 6.54 Å². The maximum absolute atomic E-state index is 13.0. The van der Waals surface area contributed by atoms with Crippen molar-refractivity contribution in [2.45, 2.75) is 6.42 Å². The van der Waals surface area contributed by atoms with Gasteiger partial charge in [-0.05, 0) is 34.1 Å². The summed E-state index contributed by atoms with van der Waals surface area (Å²) in [5.41, 5.74) is 0.244. The van der Waals surface area contributed by atoms with Gasteiger partial charge in [-0.2, -0.15) is 5.26 Å². The lowest BCUT2D eigenvalue weighted by Crippen LogP contribution is -2.24. The fourth-order valence-electron chi connectivity index (χ4n) is 0.971. The van der Waals surface area contributed by atoms with Gasteiger partial charge in [-0.3, -0.25) is 4.79 Å². The lowest BCUT2D eigenvalue weighted by Gasteiger charge is -2.03. The molecule has 1 aromatic carbocycles. The van der Waals surface area contributed by atoms with Crippen LogP contribution in [0.5, 0.6) is 0 Å². The summed E-state index contributed by atoms with van der Waals surface area (Å²) in [6.45, 7) is 0.271. The lowest BCUT2D eigenvalue weighted by atomic mass is 10.2. The van der Waals surface area contributed by atoms with Crippen LogP contribution >= 0.6 is 15.9 Å². The van der Waals surface area contributed by atoms with Crippen molar-refractivity contribution in [2.24, 2.45) is 0 Å². The molecule has 0 saturated heterocycles. The van der Waals surface area contributed by atoms with Crippen molar-refractivity contribution in [3.05, 3.63) is 34.1 Å². The molecule has 0 atom stereocenters. The Bertz CT molecular complexity index is 414. The Morgan fingerprint density at radius 2 is 2.33 bits per heavy atom. The van der Waals surface area contributed by atoms with Crippen LogP contribution in [0.1, 0.15) is 16.8 Å². The molecule has 0 saturated carbocycles. The minimum absolute atomic E-state index is 0.241. The van der Waals surface area contributed by atoms with E-state index in [0.29, 0.717) is 4.47 Å². The third-order valence-corrected chi connectivity index (χ3v) is 2.35. The molecule has 15 heavy (non-hydrogen) atoms. The van der Waals surface area contributed by atoms with Crippen LogP contribution in [0.3, 0.4) is 0 Å². The smallest absolute Gasteiger partial charge is 0.251 e. The highest BCUT2D eigenvalue weighted by Crippen LogP contribution is 2.16. The quantitative estimate of drug-likeness (QED) is 0.857. The van der Waals surface area contributed by atoms with Crippen molar-refractivity contribution >= 4 is 21.8 Å². The van der Waals surface area contributed by atoms with Crippen molar-refractivity contribution in [1.82, 2.24) is 5.32 Å². The summed E-state index contributed by atoms with van der Waals surface area (Å²) in [5.74, 6) is -0.861. The molecule has 1 aromatic rings. The van der Waals surface area contributed by atoms with Gasteiger partial charge in [0, 0.05) is 12.1 Å². The normalized spacial score (nSPS) is 9.40. The molecule has 1 amide bonds. The van der Waals surface area contributed by atoms with E-state index in [1.54, 1.807) is 0 Å². The topological polar surface area (TPSA) is 52.9 Å². The molecule has 78 valence electrons. The summed E-state index contributed by atoms with van der Waals surface area (Å²) >= 11 is 2.99. The molecule has 0 aliphatic carbocycles. The van der Waals surface area contributed by atoms with Crippen LogP contribution in [-0.4, -0.2) is 12.5 Å². The van der Waals surface area contributed by atoms with Crippen LogP contribution in [0.2, 0.25) is 0 Å². The number of carbonyl (C=O) groups excluding carboxylic acids is 1. The van der Waals surface area contributed by atoms with Gasteiger partial charge in [0.05, 0.1) is 17.0 Å². The van der Waals surface area contributed by atoms with Crippen LogP contribution in [0.25, 0.3) is 0 Å². The van der Waals surface area contributed by atoms with Crippen molar-refractivity contribution in [1.29, 1.82) is 5.26 Å². The second kappa shape index (κ2) is 5.47. The van der Waals surface area contributed by atoms with E-state index in [-0.39, 0.29) is 24.4 Å². The molecule has 0 aromatic heterocycles. The number of nitriles is 1. The van der Waals surface area contributed by atoms with Crippen LogP contribution in [0.4, 0.5) is 4.39 Å². The van der Waals surface area contributed by atoms with Gasteiger partial charge in [-0.15, -0.1) is 0 Å². The number of nitrogens with zero attached hydrogens (tertiary/aromatic N) is 1. The first-order valence-corrected chi connectivity index (χ1v) is 5.04. The standard InChI is InChI=1S/C10H8BrFN2O/c11-8-3-2-7(6-9(8)12)10(15)14-5-1-4-13/h2-3,6H,1,5H2,(H,14,15). The Balaban J connectivity index is 2.67. The Kier molecular flexibility index (Phi) is 4.25. The van der Waals surface area contributed by atoms with Gasteiger partial charge >= 0.3 is 0 Å². The van der Waals surface area contributed by atoms with Gasteiger partial charge in [0.2, 0.25) is 0 Å². The van der Waals surface area contributed by atoms with Crippen molar-refractivity contribution in [3.8, 4) is 6.07 Å². The molecule has 1 N–H and O–H groups in total. The monoisotopic (exact) mass is 270 g/mol. The van der Waals surface area contributed by atoms with E-state index < -0.39 is 5.82 Å². The van der Waals surface area contributed by atoms with Gasteiger partial charge in [-0.1, -0.05) is 0 Å². The summed E-state index contributed by atoms with van der Waals surface area (Å²) in [6, 6.07) is 6.02. The predicted octanol–water partition coefficient (Wildman–Crippen LogP) is 2.23. The zero-order valence-electron chi connectivity index (χ0n) is 7.76. The zero-order chi connectivity index (χ0) is 11.3. The van der Waals surface area contributed by atoms with E-state index in [1.807, 2.05) is 6.07 Å². The third kappa shape index (κ3) is 3.33. The summed E-state index contributed by atoms with van der Waals surface area (Å²) in [7, 11) is 0. The van der Waals surface area contributed by atoms with E-state index >= 15 is 0 Å². The molecule has 0 aliphatic heterocycles. The van der Waals surface area contributed by atoms with E-state index in [1.165, 1.54) is 12.1 Å². The number of hydrogen-bond acceptors (Lipinski definition) is 2. The molecule has 0 spiro atoms. The second-order valence-electron chi connectivity index (χ2n) is 2.79. The number of rotatable bonds is 3. The van der Waals surface area contributed by atoms with Gasteiger partial charge in [0.25, 0.3) is 5.91 Å². The third-order valence-electron chi connectivity index (χ3n) is 1.70. The number of halogens is 2. The van der Waals surface area contributed by atoms with Gasteiger partial charge in [-0.25, -0.2) is 4.39 Å². The lowest BCUT2D eigenvalue weighted by molar-refractivity contribution is 0.0954. The first-order chi connectivity index (χ1) is 7.15. The summed E-state index contributed by atoms with van der Waals surface area (Å²) in [4.78, 5) is 11.4. The van der Waals surface area contributed by atoms with Crippen LogP contribution in [0, 0.1) is 17.1 Å². The molecule has 5 heteroatoms. The van der Waals surface area contributed by atoms with Crippen molar-refractivity contribution < 1.29 is 9.18 Å². The molecule has 0 bridgehead atoms. The molecular formula is C10H8BrFN2O. The number of nitrogens with one attached hydrogen (secondary N) is 1. The highest BCUT2D eigenvalue weighted by atomic mass is 79.9. The largest absolute Gasteiger partial charge is 0.351 e. The fraction of sp³-hybridized carbons (Fsp3) is 0.200. The van der Waals surface area contributed by atoms with Crippen LogP contribution in [-0.2, 0) is 0 Å². The molecule has 0 radical (unpaired) electrons. The van der Waals surface area contributed by atoms with Crippen molar-refractivity contribution in [3.63, 3.8) is 0 Å². The maximum atomic E-state index is 13.0. The number of hydrogen-bond donors (Lipinski definition) is 1. The highest BCUT2D eigenvalue weighted by Gasteiger charge is 2.07. The van der Waals surface area contributed by atoms with E-state index in [9.17, 15) is 9.18 Å². The minimum Gasteiger partial charge on any atom is -0.351 e.